The first-order valence-electron chi connectivity index (χ1n) is 7.19. The quantitative estimate of drug-likeness (QED) is 0.636. The van der Waals surface area contributed by atoms with Crippen molar-refractivity contribution in [2.45, 2.75) is 84.7 Å². The maximum Gasteiger partial charge on any atom is 0.461 e. The number of rotatable bonds is 1. The molecule has 0 aromatic rings. The Bertz CT molecular complexity index is 235. The van der Waals surface area contributed by atoms with E-state index in [1.54, 1.807) is 0 Å². The molecule has 1 aliphatic carbocycles. The van der Waals surface area contributed by atoms with Crippen LogP contribution in [0.5, 0.6) is 0 Å². The zero-order chi connectivity index (χ0) is 13.3. The Balaban J connectivity index is 0.000000686. The van der Waals surface area contributed by atoms with Crippen molar-refractivity contribution >= 4 is 7.12 Å². The van der Waals surface area contributed by atoms with Crippen LogP contribution in [0.25, 0.3) is 0 Å². The molecule has 0 radical (unpaired) electrons. The molecule has 0 spiro atoms. The molecule has 2 rings (SSSR count). The third kappa shape index (κ3) is 2.87. The minimum absolute atomic E-state index is 0.0208. The van der Waals surface area contributed by atoms with E-state index in [-0.39, 0.29) is 18.3 Å². The van der Waals surface area contributed by atoms with Crippen molar-refractivity contribution in [3.05, 3.63) is 0 Å². The predicted octanol–water partition coefficient (Wildman–Crippen LogP) is 4.30. The van der Waals surface area contributed by atoms with Gasteiger partial charge >= 0.3 is 7.12 Å². The number of hydrogen-bond acceptors (Lipinski definition) is 2. The molecular formula is C14H29BO2. The second-order valence-corrected chi connectivity index (χ2v) is 6.20. The number of hydrogen-bond donors (Lipinski definition) is 0. The molecular weight excluding hydrogens is 211 g/mol. The van der Waals surface area contributed by atoms with Gasteiger partial charge in [0.15, 0.2) is 0 Å². The van der Waals surface area contributed by atoms with E-state index in [0.717, 1.165) is 5.92 Å². The third-order valence-electron chi connectivity index (χ3n) is 4.55. The fourth-order valence-electron chi connectivity index (χ4n) is 2.64. The molecule has 1 heterocycles. The first kappa shape index (κ1) is 15.0. The van der Waals surface area contributed by atoms with Gasteiger partial charge in [0.2, 0.25) is 0 Å². The molecule has 2 fully saturated rings. The molecule has 17 heavy (non-hydrogen) atoms. The van der Waals surface area contributed by atoms with Gasteiger partial charge in [-0.1, -0.05) is 40.0 Å². The maximum absolute atomic E-state index is 6.10. The van der Waals surface area contributed by atoms with E-state index in [1.807, 2.05) is 13.8 Å². The summed E-state index contributed by atoms with van der Waals surface area (Å²) in [6, 6.07) is 0. The van der Waals surface area contributed by atoms with E-state index >= 15 is 0 Å². The SMILES string of the molecule is CC.CC1CCCC1B1OC(C)(C)C(C)(C)O1. The Hall–Kier alpha value is -0.0151. The van der Waals surface area contributed by atoms with Crippen LogP contribution in [0, 0.1) is 5.92 Å². The normalized spacial score (nSPS) is 34.4. The van der Waals surface area contributed by atoms with Crippen LogP contribution in [-0.2, 0) is 9.31 Å². The van der Waals surface area contributed by atoms with Crippen LogP contribution in [-0.4, -0.2) is 18.3 Å². The molecule has 2 atom stereocenters. The minimum atomic E-state index is -0.167. The van der Waals surface area contributed by atoms with Gasteiger partial charge in [0.1, 0.15) is 0 Å². The largest absolute Gasteiger partial charge is 0.461 e. The summed E-state index contributed by atoms with van der Waals surface area (Å²) in [5.41, 5.74) is -0.333. The van der Waals surface area contributed by atoms with Crippen LogP contribution >= 0.6 is 0 Å². The molecule has 1 saturated heterocycles. The molecule has 0 amide bonds. The second kappa shape index (κ2) is 5.32. The molecule has 2 unspecified atom stereocenters. The van der Waals surface area contributed by atoms with Gasteiger partial charge in [0.25, 0.3) is 0 Å². The van der Waals surface area contributed by atoms with Gasteiger partial charge in [-0.25, -0.2) is 0 Å². The highest BCUT2D eigenvalue weighted by Gasteiger charge is 2.54. The van der Waals surface area contributed by atoms with Crippen molar-refractivity contribution in [2.24, 2.45) is 5.92 Å². The summed E-state index contributed by atoms with van der Waals surface area (Å²) in [5, 5.41) is 0. The van der Waals surface area contributed by atoms with Crippen LogP contribution < -0.4 is 0 Å². The van der Waals surface area contributed by atoms with Crippen molar-refractivity contribution in [3.8, 4) is 0 Å². The smallest absolute Gasteiger partial charge is 0.403 e. The summed E-state index contributed by atoms with van der Waals surface area (Å²) >= 11 is 0. The first-order chi connectivity index (χ1) is 7.83. The molecule has 3 heteroatoms. The Morgan fingerprint density at radius 3 is 1.76 bits per heavy atom. The Kier molecular flexibility index (Phi) is 4.70. The maximum atomic E-state index is 6.10. The highest BCUT2D eigenvalue weighted by molar-refractivity contribution is 6.47. The molecule has 100 valence electrons. The Morgan fingerprint density at radius 2 is 1.41 bits per heavy atom. The van der Waals surface area contributed by atoms with Crippen LogP contribution in [0.1, 0.15) is 67.7 Å². The fourth-order valence-corrected chi connectivity index (χ4v) is 2.64. The van der Waals surface area contributed by atoms with Crippen molar-refractivity contribution in [3.63, 3.8) is 0 Å². The standard InChI is InChI=1S/C12H23BO2.C2H6/c1-9-7-6-8-10(9)13-14-11(2,3)12(4,5)15-13;1-2/h9-10H,6-8H2,1-5H3;1-2H3. The highest BCUT2D eigenvalue weighted by Crippen LogP contribution is 2.46. The van der Waals surface area contributed by atoms with Gasteiger partial charge in [-0.2, -0.15) is 0 Å². The second-order valence-electron chi connectivity index (χ2n) is 6.20. The van der Waals surface area contributed by atoms with Gasteiger partial charge in [0.05, 0.1) is 11.2 Å². The Morgan fingerprint density at radius 1 is 0.941 bits per heavy atom. The molecule has 1 saturated carbocycles. The predicted molar refractivity (Wildman–Crippen MR) is 74.2 cm³/mol. The summed E-state index contributed by atoms with van der Waals surface area (Å²) < 4.78 is 12.2. The van der Waals surface area contributed by atoms with E-state index in [0.29, 0.717) is 5.82 Å². The van der Waals surface area contributed by atoms with Crippen molar-refractivity contribution in [2.75, 3.05) is 0 Å². The summed E-state index contributed by atoms with van der Waals surface area (Å²) in [5.74, 6) is 1.35. The molecule has 0 aromatic carbocycles. The summed E-state index contributed by atoms with van der Waals surface area (Å²) in [7, 11) is 0.0208. The summed E-state index contributed by atoms with van der Waals surface area (Å²) in [4.78, 5) is 0. The lowest BCUT2D eigenvalue weighted by molar-refractivity contribution is 0.00578. The van der Waals surface area contributed by atoms with Gasteiger partial charge in [-0.15, -0.1) is 0 Å². The Labute approximate surface area is 108 Å². The van der Waals surface area contributed by atoms with Crippen molar-refractivity contribution < 1.29 is 9.31 Å². The molecule has 1 aliphatic heterocycles. The van der Waals surface area contributed by atoms with Gasteiger partial charge in [-0.05, 0) is 39.4 Å². The van der Waals surface area contributed by atoms with E-state index in [2.05, 4.69) is 34.6 Å². The molecule has 0 aromatic heterocycles. The van der Waals surface area contributed by atoms with Crippen LogP contribution in [0.15, 0.2) is 0 Å². The zero-order valence-corrected chi connectivity index (χ0v) is 12.7. The summed E-state index contributed by atoms with van der Waals surface area (Å²) in [6.45, 7) is 14.8. The van der Waals surface area contributed by atoms with Gasteiger partial charge in [-0.3, -0.25) is 0 Å². The monoisotopic (exact) mass is 240 g/mol. The molecule has 0 N–H and O–H groups in total. The summed E-state index contributed by atoms with van der Waals surface area (Å²) in [6.07, 6.45) is 3.92. The first-order valence-corrected chi connectivity index (χ1v) is 7.19. The van der Waals surface area contributed by atoms with Gasteiger partial charge < -0.3 is 9.31 Å². The van der Waals surface area contributed by atoms with Crippen LogP contribution in [0.3, 0.4) is 0 Å². The van der Waals surface area contributed by atoms with Crippen molar-refractivity contribution in [1.82, 2.24) is 0 Å². The lowest BCUT2D eigenvalue weighted by Gasteiger charge is -2.32. The average Bonchev–Trinajstić information content (AvgIpc) is 2.73. The fraction of sp³-hybridized carbons (Fsp3) is 1.00. The van der Waals surface area contributed by atoms with E-state index in [4.69, 9.17) is 9.31 Å². The molecule has 2 nitrogen and oxygen atoms in total. The van der Waals surface area contributed by atoms with E-state index in [9.17, 15) is 0 Å². The average molecular weight is 240 g/mol. The zero-order valence-electron chi connectivity index (χ0n) is 12.7. The van der Waals surface area contributed by atoms with Gasteiger partial charge in [0, 0.05) is 0 Å². The minimum Gasteiger partial charge on any atom is -0.403 e. The van der Waals surface area contributed by atoms with E-state index in [1.165, 1.54) is 19.3 Å². The lowest BCUT2D eigenvalue weighted by atomic mass is 9.67. The lowest BCUT2D eigenvalue weighted by Crippen LogP contribution is -2.41. The topological polar surface area (TPSA) is 18.5 Å². The van der Waals surface area contributed by atoms with Crippen LogP contribution in [0.4, 0.5) is 0 Å². The third-order valence-corrected chi connectivity index (χ3v) is 4.55. The molecule has 0 bridgehead atoms. The highest BCUT2D eigenvalue weighted by atomic mass is 16.7. The van der Waals surface area contributed by atoms with E-state index < -0.39 is 0 Å². The van der Waals surface area contributed by atoms with Crippen LogP contribution in [0.2, 0.25) is 5.82 Å². The molecule has 2 aliphatic rings. The van der Waals surface area contributed by atoms with Crippen molar-refractivity contribution in [1.29, 1.82) is 0 Å².